The van der Waals surface area contributed by atoms with E-state index in [0.29, 0.717) is 24.6 Å². The molecular weight excluding hydrogens is 285 g/mol. The molecule has 1 atom stereocenters. The lowest BCUT2D eigenvalue weighted by molar-refractivity contribution is -0.139. The Balaban J connectivity index is 2.11. The molecule has 0 bridgehead atoms. The standard InChI is InChI=1S/C13H17F3N4O/c1-8-6-11(19-9(2)18-8)20-5-3-4-10(20)12(21)17-7-13(14,15)16/h6,10H,3-5,7H2,1-2H3,(H,17,21)/t10-/m1/s1. The van der Waals surface area contributed by atoms with Crippen LogP contribution < -0.4 is 10.2 Å². The quantitative estimate of drug-likeness (QED) is 0.924. The third kappa shape index (κ3) is 4.05. The zero-order valence-electron chi connectivity index (χ0n) is 11.9. The van der Waals surface area contributed by atoms with Crippen LogP contribution in [-0.2, 0) is 4.79 Å². The van der Waals surface area contributed by atoms with Crippen molar-refractivity contribution in [3.63, 3.8) is 0 Å². The van der Waals surface area contributed by atoms with Gasteiger partial charge in [-0.25, -0.2) is 9.97 Å². The van der Waals surface area contributed by atoms with Crippen molar-refractivity contribution in [1.82, 2.24) is 15.3 Å². The lowest BCUT2D eigenvalue weighted by Gasteiger charge is -2.25. The van der Waals surface area contributed by atoms with Crippen LogP contribution in [0.2, 0.25) is 0 Å². The van der Waals surface area contributed by atoms with Crippen molar-refractivity contribution in [2.45, 2.75) is 38.9 Å². The highest BCUT2D eigenvalue weighted by molar-refractivity contribution is 5.85. The van der Waals surface area contributed by atoms with E-state index in [9.17, 15) is 18.0 Å². The van der Waals surface area contributed by atoms with E-state index in [1.807, 2.05) is 12.2 Å². The summed E-state index contributed by atoms with van der Waals surface area (Å²) in [5.74, 6) is 0.551. The van der Waals surface area contributed by atoms with Crippen LogP contribution >= 0.6 is 0 Å². The number of aryl methyl sites for hydroxylation is 2. The molecular formula is C13H17F3N4O. The summed E-state index contributed by atoms with van der Waals surface area (Å²) in [6, 6.07) is 1.13. The van der Waals surface area contributed by atoms with Crippen molar-refractivity contribution in [3.05, 3.63) is 17.6 Å². The molecule has 0 spiro atoms. The zero-order chi connectivity index (χ0) is 15.6. The molecule has 0 aliphatic carbocycles. The average molecular weight is 302 g/mol. The number of hydrogen-bond acceptors (Lipinski definition) is 4. The lowest BCUT2D eigenvalue weighted by atomic mass is 10.2. The van der Waals surface area contributed by atoms with Gasteiger partial charge in [-0.3, -0.25) is 4.79 Å². The van der Waals surface area contributed by atoms with Crippen molar-refractivity contribution in [2.75, 3.05) is 18.0 Å². The second-order valence-corrected chi connectivity index (χ2v) is 5.10. The van der Waals surface area contributed by atoms with E-state index in [1.165, 1.54) is 0 Å². The highest BCUT2D eigenvalue weighted by atomic mass is 19.4. The molecule has 1 fully saturated rings. The number of anilines is 1. The summed E-state index contributed by atoms with van der Waals surface area (Å²) in [5.41, 5.74) is 0.763. The smallest absolute Gasteiger partial charge is 0.345 e. The Morgan fingerprint density at radius 2 is 2.14 bits per heavy atom. The van der Waals surface area contributed by atoms with E-state index in [0.717, 1.165) is 12.1 Å². The number of alkyl halides is 3. The Kier molecular flexibility index (Phi) is 4.34. The van der Waals surface area contributed by atoms with Crippen LogP contribution in [0.5, 0.6) is 0 Å². The van der Waals surface area contributed by atoms with Crippen LogP contribution in [-0.4, -0.2) is 41.2 Å². The molecule has 0 aromatic carbocycles. The molecule has 21 heavy (non-hydrogen) atoms. The number of rotatable bonds is 3. The lowest BCUT2D eigenvalue weighted by Crippen LogP contribution is -2.46. The maximum atomic E-state index is 12.2. The summed E-state index contributed by atoms with van der Waals surface area (Å²) in [4.78, 5) is 22.1. The van der Waals surface area contributed by atoms with Crippen molar-refractivity contribution < 1.29 is 18.0 Å². The molecule has 1 amide bonds. The molecule has 0 saturated carbocycles. The monoisotopic (exact) mass is 302 g/mol. The van der Waals surface area contributed by atoms with Gasteiger partial charge in [0, 0.05) is 18.3 Å². The van der Waals surface area contributed by atoms with Gasteiger partial charge in [-0.15, -0.1) is 0 Å². The highest BCUT2D eigenvalue weighted by Gasteiger charge is 2.34. The largest absolute Gasteiger partial charge is 0.405 e. The van der Waals surface area contributed by atoms with Gasteiger partial charge in [-0.2, -0.15) is 13.2 Å². The number of amides is 1. The predicted molar refractivity (Wildman–Crippen MR) is 70.9 cm³/mol. The van der Waals surface area contributed by atoms with Gasteiger partial charge in [0.2, 0.25) is 5.91 Å². The van der Waals surface area contributed by atoms with Crippen molar-refractivity contribution in [2.24, 2.45) is 0 Å². The Bertz CT molecular complexity index is 512. The first-order valence-corrected chi connectivity index (χ1v) is 6.69. The molecule has 5 nitrogen and oxygen atoms in total. The van der Waals surface area contributed by atoms with Crippen LogP contribution in [0.25, 0.3) is 0 Å². The minimum Gasteiger partial charge on any atom is -0.345 e. The number of halogens is 3. The van der Waals surface area contributed by atoms with Gasteiger partial charge in [-0.1, -0.05) is 0 Å². The van der Waals surface area contributed by atoms with Crippen molar-refractivity contribution in [3.8, 4) is 0 Å². The normalized spacial score (nSPS) is 18.9. The van der Waals surface area contributed by atoms with Gasteiger partial charge < -0.3 is 10.2 Å². The van der Waals surface area contributed by atoms with E-state index in [1.54, 1.807) is 17.9 Å². The van der Waals surface area contributed by atoms with Gasteiger partial charge >= 0.3 is 6.18 Å². The fourth-order valence-corrected chi connectivity index (χ4v) is 2.46. The minimum atomic E-state index is -4.40. The zero-order valence-corrected chi connectivity index (χ0v) is 11.9. The summed E-state index contributed by atoms with van der Waals surface area (Å²) < 4.78 is 36.5. The van der Waals surface area contributed by atoms with Crippen molar-refractivity contribution in [1.29, 1.82) is 0 Å². The highest BCUT2D eigenvalue weighted by Crippen LogP contribution is 2.25. The van der Waals surface area contributed by atoms with Gasteiger partial charge in [0.1, 0.15) is 24.2 Å². The third-order valence-corrected chi connectivity index (χ3v) is 3.27. The molecule has 1 aliphatic heterocycles. The molecule has 2 heterocycles. The molecule has 116 valence electrons. The Morgan fingerprint density at radius 1 is 1.43 bits per heavy atom. The van der Waals surface area contributed by atoms with Crippen LogP contribution in [0.3, 0.4) is 0 Å². The molecule has 0 radical (unpaired) electrons. The molecule has 1 saturated heterocycles. The van der Waals surface area contributed by atoms with E-state index in [-0.39, 0.29) is 0 Å². The maximum Gasteiger partial charge on any atom is 0.405 e. The molecule has 1 aliphatic rings. The van der Waals surface area contributed by atoms with E-state index >= 15 is 0 Å². The second kappa shape index (κ2) is 5.87. The Hall–Kier alpha value is -1.86. The minimum absolute atomic E-state index is 0.520. The number of aromatic nitrogens is 2. The predicted octanol–water partition coefficient (Wildman–Crippen LogP) is 1.74. The van der Waals surface area contributed by atoms with Crippen LogP contribution in [0, 0.1) is 13.8 Å². The molecule has 8 heteroatoms. The summed E-state index contributed by atoms with van der Waals surface area (Å²) in [5, 5.41) is 1.94. The summed E-state index contributed by atoms with van der Waals surface area (Å²) in [6.07, 6.45) is -3.14. The molecule has 1 aromatic rings. The average Bonchev–Trinajstić information content (AvgIpc) is 2.83. The summed E-state index contributed by atoms with van der Waals surface area (Å²) >= 11 is 0. The summed E-state index contributed by atoms with van der Waals surface area (Å²) in [7, 11) is 0. The second-order valence-electron chi connectivity index (χ2n) is 5.10. The fourth-order valence-electron chi connectivity index (χ4n) is 2.46. The number of nitrogens with zero attached hydrogens (tertiary/aromatic N) is 3. The van der Waals surface area contributed by atoms with Gasteiger partial charge in [0.05, 0.1) is 0 Å². The first-order chi connectivity index (χ1) is 9.76. The van der Waals surface area contributed by atoms with Crippen LogP contribution in [0.15, 0.2) is 6.07 Å². The van der Waals surface area contributed by atoms with Gasteiger partial charge in [0.15, 0.2) is 0 Å². The Labute approximate surface area is 120 Å². The number of nitrogens with one attached hydrogen (secondary N) is 1. The molecule has 1 aromatic heterocycles. The van der Waals surface area contributed by atoms with Gasteiger partial charge in [-0.05, 0) is 26.7 Å². The van der Waals surface area contributed by atoms with Crippen LogP contribution in [0.4, 0.5) is 19.0 Å². The topological polar surface area (TPSA) is 58.1 Å². The summed E-state index contributed by atoms with van der Waals surface area (Å²) in [6.45, 7) is 2.84. The maximum absolute atomic E-state index is 12.2. The first kappa shape index (κ1) is 15.5. The molecule has 2 rings (SSSR count). The van der Waals surface area contributed by atoms with E-state index in [2.05, 4.69) is 9.97 Å². The molecule has 1 N–H and O–H groups in total. The molecule has 0 unspecified atom stereocenters. The Morgan fingerprint density at radius 3 is 2.76 bits per heavy atom. The van der Waals surface area contributed by atoms with Crippen LogP contribution in [0.1, 0.15) is 24.4 Å². The van der Waals surface area contributed by atoms with E-state index in [4.69, 9.17) is 0 Å². The third-order valence-electron chi connectivity index (χ3n) is 3.27. The number of carbonyl (C=O) groups excluding carboxylic acids is 1. The number of carbonyl (C=O) groups is 1. The first-order valence-electron chi connectivity index (χ1n) is 6.69. The fraction of sp³-hybridized carbons (Fsp3) is 0.615. The van der Waals surface area contributed by atoms with E-state index < -0.39 is 24.7 Å². The SMILES string of the molecule is Cc1cc(N2CCC[C@@H]2C(=O)NCC(F)(F)F)nc(C)n1. The van der Waals surface area contributed by atoms with Crippen molar-refractivity contribution >= 4 is 11.7 Å². The van der Waals surface area contributed by atoms with Gasteiger partial charge in [0.25, 0.3) is 0 Å². The number of hydrogen-bond donors (Lipinski definition) is 1.